The molecule has 0 unspecified atom stereocenters. The zero-order valence-electron chi connectivity index (χ0n) is 9.15. The molecule has 0 radical (unpaired) electrons. The van der Waals surface area contributed by atoms with E-state index in [4.69, 9.17) is 32.9 Å². The highest BCUT2D eigenvalue weighted by molar-refractivity contribution is 6.33. The summed E-state index contributed by atoms with van der Waals surface area (Å²) in [4.78, 5) is 7.81. The van der Waals surface area contributed by atoms with Crippen molar-refractivity contribution in [2.24, 2.45) is 0 Å². The number of aromatic nitrogens is 2. The normalized spacial score (nSPS) is 16.3. The summed E-state index contributed by atoms with van der Waals surface area (Å²) in [5.74, 6) is 1.16. The molecule has 18 heavy (non-hydrogen) atoms. The lowest BCUT2D eigenvalue weighted by molar-refractivity contribution is 0.497. The molecule has 3 rings (SSSR count). The smallest absolute Gasteiger partial charge is 0.223 e. The third kappa shape index (κ3) is 1.76. The monoisotopic (exact) mass is 279 g/mol. The van der Waals surface area contributed by atoms with Crippen LogP contribution < -0.4 is 0 Å². The van der Waals surface area contributed by atoms with Crippen LogP contribution in [0.2, 0.25) is 10.3 Å². The number of hydrogen-bond donors (Lipinski definition) is 0. The largest absolute Gasteiger partial charge is 0.458 e. The highest BCUT2D eigenvalue weighted by Gasteiger charge is 2.48. The lowest BCUT2D eigenvalue weighted by Gasteiger charge is -2.01. The lowest BCUT2D eigenvalue weighted by Crippen LogP contribution is -1.99. The van der Waals surface area contributed by atoms with E-state index in [-0.39, 0.29) is 5.28 Å². The van der Waals surface area contributed by atoms with Gasteiger partial charge >= 0.3 is 0 Å². The molecule has 90 valence electrons. The molecular weight excluding hydrogens is 273 g/mol. The van der Waals surface area contributed by atoms with Gasteiger partial charge in [0.15, 0.2) is 5.76 Å². The number of furan rings is 1. The van der Waals surface area contributed by atoms with Crippen LogP contribution in [0.25, 0.3) is 11.5 Å². The van der Waals surface area contributed by atoms with E-state index in [1.54, 1.807) is 12.1 Å². The Morgan fingerprint density at radius 1 is 1.33 bits per heavy atom. The first-order chi connectivity index (χ1) is 8.64. The van der Waals surface area contributed by atoms with Crippen molar-refractivity contribution in [3.8, 4) is 17.5 Å². The quantitative estimate of drug-likeness (QED) is 0.788. The molecular formula is C12H7Cl2N3O. The number of halogens is 2. The second-order valence-electron chi connectivity index (χ2n) is 4.19. The van der Waals surface area contributed by atoms with Crippen molar-refractivity contribution in [3.63, 3.8) is 0 Å². The van der Waals surface area contributed by atoms with Crippen LogP contribution >= 0.6 is 23.2 Å². The highest BCUT2D eigenvalue weighted by atomic mass is 35.5. The van der Waals surface area contributed by atoms with E-state index in [9.17, 15) is 0 Å². The third-order valence-electron chi connectivity index (χ3n) is 2.99. The topological polar surface area (TPSA) is 62.7 Å². The Balaban J connectivity index is 2.04. The van der Waals surface area contributed by atoms with Crippen molar-refractivity contribution in [1.82, 2.24) is 9.97 Å². The molecule has 1 saturated carbocycles. The number of hydrogen-bond acceptors (Lipinski definition) is 4. The van der Waals surface area contributed by atoms with Gasteiger partial charge in [-0.25, -0.2) is 9.97 Å². The fourth-order valence-electron chi connectivity index (χ4n) is 1.78. The maximum Gasteiger partial charge on any atom is 0.223 e. The van der Waals surface area contributed by atoms with Gasteiger partial charge in [0.25, 0.3) is 0 Å². The van der Waals surface area contributed by atoms with Gasteiger partial charge in [0.05, 0.1) is 17.3 Å². The van der Waals surface area contributed by atoms with Gasteiger partial charge in [0.1, 0.15) is 16.9 Å². The van der Waals surface area contributed by atoms with Gasteiger partial charge in [0, 0.05) is 0 Å². The minimum atomic E-state index is -0.457. The minimum absolute atomic E-state index is 0.105. The number of nitriles is 1. The summed E-state index contributed by atoms with van der Waals surface area (Å²) < 4.78 is 5.67. The van der Waals surface area contributed by atoms with E-state index in [1.165, 1.54) is 6.20 Å². The van der Waals surface area contributed by atoms with Crippen LogP contribution in [0.4, 0.5) is 0 Å². The van der Waals surface area contributed by atoms with Gasteiger partial charge in [-0.15, -0.1) is 0 Å². The Kier molecular flexibility index (Phi) is 2.54. The van der Waals surface area contributed by atoms with E-state index < -0.39 is 5.41 Å². The standard InChI is InChI=1S/C12H7Cl2N3O/c13-7-5-16-11(14)17-10(7)8-1-2-9(18-8)12(6-15)3-4-12/h1-2,5H,3-4H2. The number of rotatable bonds is 2. The van der Waals surface area contributed by atoms with Gasteiger partial charge in [-0.1, -0.05) is 11.6 Å². The first-order valence-electron chi connectivity index (χ1n) is 5.35. The van der Waals surface area contributed by atoms with Gasteiger partial charge in [-0.2, -0.15) is 5.26 Å². The molecule has 2 aromatic rings. The minimum Gasteiger partial charge on any atom is -0.458 e. The molecule has 4 nitrogen and oxygen atoms in total. The summed E-state index contributed by atoms with van der Waals surface area (Å²) in [6.45, 7) is 0. The van der Waals surface area contributed by atoms with E-state index >= 15 is 0 Å². The Morgan fingerprint density at radius 3 is 2.78 bits per heavy atom. The van der Waals surface area contributed by atoms with Crippen molar-refractivity contribution in [1.29, 1.82) is 5.26 Å². The molecule has 0 amide bonds. The van der Waals surface area contributed by atoms with Gasteiger partial charge < -0.3 is 4.42 Å². The van der Waals surface area contributed by atoms with Crippen LogP contribution in [0.3, 0.4) is 0 Å². The second-order valence-corrected chi connectivity index (χ2v) is 4.94. The summed E-state index contributed by atoms with van der Waals surface area (Å²) in [5, 5.41) is 9.57. The molecule has 2 aromatic heterocycles. The average Bonchev–Trinajstić information content (AvgIpc) is 3.02. The molecule has 6 heteroatoms. The third-order valence-corrected chi connectivity index (χ3v) is 3.45. The van der Waals surface area contributed by atoms with E-state index in [1.807, 2.05) is 0 Å². The van der Waals surface area contributed by atoms with E-state index in [0.717, 1.165) is 12.8 Å². The summed E-state index contributed by atoms with van der Waals surface area (Å²) >= 11 is 11.7. The zero-order chi connectivity index (χ0) is 12.8. The molecule has 0 aliphatic heterocycles. The molecule has 0 saturated heterocycles. The van der Waals surface area contributed by atoms with E-state index in [0.29, 0.717) is 22.2 Å². The van der Waals surface area contributed by atoms with Crippen LogP contribution in [0.1, 0.15) is 18.6 Å². The molecule has 0 aromatic carbocycles. The molecule has 1 aliphatic rings. The molecule has 0 bridgehead atoms. The summed E-state index contributed by atoms with van der Waals surface area (Å²) in [6, 6.07) is 5.81. The maximum atomic E-state index is 9.11. The molecule has 1 aliphatic carbocycles. The Labute approximate surface area is 113 Å². The molecule has 2 heterocycles. The zero-order valence-corrected chi connectivity index (χ0v) is 10.7. The summed E-state index contributed by atoms with van der Waals surface area (Å²) in [5.41, 5.74) is -0.0154. The lowest BCUT2D eigenvalue weighted by atomic mass is 10.1. The second kappa shape index (κ2) is 3.98. The summed E-state index contributed by atoms with van der Waals surface area (Å²) in [7, 11) is 0. The first kappa shape index (κ1) is 11.5. The van der Waals surface area contributed by atoms with Crippen LogP contribution in [-0.2, 0) is 5.41 Å². The average molecular weight is 280 g/mol. The fraction of sp³-hybridized carbons (Fsp3) is 0.250. The van der Waals surface area contributed by atoms with Crippen LogP contribution in [0, 0.1) is 11.3 Å². The van der Waals surface area contributed by atoms with Gasteiger partial charge in [-0.05, 0) is 36.6 Å². The van der Waals surface area contributed by atoms with E-state index in [2.05, 4.69) is 16.0 Å². The predicted octanol–water partition coefficient (Wildman–Crippen LogP) is 3.60. The Bertz CT molecular complexity index is 656. The number of nitrogens with zero attached hydrogens (tertiary/aromatic N) is 3. The van der Waals surface area contributed by atoms with Gasteiger partial charge in [0.2, 0.25) is 5.28 Å². The highest BCUT2D eigenvalue weighted by Crippen LogP contribution is 2.48. The predicted molar refractivity (Wildman–Crippen MR) is 66.3 cm³/mol. The van der Waals surface area contributed by atoms with Crippen LogP contribution in [0.5, 0.6) is 0 Å². The maximum absolute atomic E-state index is 9.11. The van der Waals surface area contributed by atoms with Crippen molar-refractivity contribution in [2.75, 3.05) is 0 Å². The Morgan fingerprint density at radius 2 is 2.11 bits per heavy atom. The molecule has 0 atom stereocenters. The first-order valence-corrected chi connectivity index (χ1v) is 6.10. The van der Waals surface area contributed by atoms with Crippen molar-refractivity contribution in [2.45, 2.75) is 18.3 Å². The summed E-state index contributed by atoms with van der Waals surface area (Å²) in [6.07, 6.45) is 3.08. The molecule has 0 spiro atoms. The molecule has 0 N–H and O–H groups in total. The van der Waals surface area contributed by atoms with Crippen LogP contribution in [-0.4, -0.2) is 9.97 Å². The van der Waals surface area contributed by atoms with Crippen molar-refractivity contribution in [3.05, 3.63) is 34.4 Å². The van der Waals surface area contributed by atoms with Crippen molar-refractivity contribution < 1.29 is 4.42 Å². The fourth-order valence-corrected chi connectivity index (χ4v) is 2.10. The SMILES string of the molecule is N#CC1(c2ccc(-c3nc(Cl)ncc3Cl)o2)CC1. The Hall–Kier alpha value is -1.57. The van der Waals surface area contributed by atoms with Crippen LogP contribution in [0.15, 0.2) is 22.7 Å². The van der Waals surface area contributed by atoms with Crippen molar-refractivity contribution >= 4 is 23.2 Å². The van der Waals surface area contributed by atoms with Gasteiger partial charge in [-0.3, -0.25) is 0 Å². The molecule has 1 fully saturated rings.